The van der Waals surface area contributed by atoms with Crippen molar-refractivity contribution < 1.29 is 29.4 Å². The summed E-state index contributed by atoms with van der Waals surface area (Å²) in [6.45, 7) is 1.09. The number of hydrogen-bond acceptors (Lipinski definition) is 8. The summed E-state index contributed by atoms with van der Waals surface area (Å²) in [5.74, 6) is -3.52. The van der Waals surface area contributed by atoms with E-state index in [2.05, 4.69) is 28.6 Å². The second-order valence-corrected chi connectivity index (χ2v) is 6.33. The number of carboxylic acids is 1. The van der Waals surface area contributed by atoms with Gasteiger partial charge in [-0.05, 0) is 32.7 Å². The minimum Gasteiger partial charge on any atom is -0.480 e. The first-order chi connectivity index (χ1) is 12.7. The highest BCUT2D eigenvalue weighted by Crippen LogP contribution is 2.03. The van der Waals surface area contributed by atoms with Crippen LogP contribution in [0.2, 0.25) is 0 Å². The predicted molar refractivity (Wildman–Crippen MR) is 101 cm³/mol. The fourth-order valence-corrected chi connectivity index (χ4v) is 2.25. The molecule has 11 nitrogen and oxygen atoms in total. The second-order valence-electron chi connectivity index (χ2n) is 5.96. The minimum absolute atomic E-state index is 0.119. The number of hydrogen-bond donors (Lipinski definition) is 8. The Bertz CT molecular complexity index is 519. The number of carbonyl (C=O) groups is 4. The van der Waals surface area contributed by atoms with E-state index in [9.17, 15) is 19.2 Å². The molecule has 0 bridgehead atoms. The molecule has 0 aliphatic heterocycles. The van der Waals surface area contributed by atoms with Crippen LogP contribution >= 0.6 is 12.6 Å². The Morgan fingerprint density at radius 3 is 1.93 bits per heavy atom. The highest BCUT2D eigenvalue weighted by Gasteiger charge is 2.28. The number of rotatable bonds is 13. The van der Waals surface area contributed by atoms with E-state index in [1.807, 2.05) is 0 Å². The fraction of sp³-hybridized carbons (Fsp3) is 0.733. The van der Waals surface area contributed by atoms with Gasteiger partial charge in [0.25, 0.3) is 0 Å². The van der Waals surface area contributed by atoms with Gasteiger partial charge < -0.3 is 37.6 Å². The first-order valence-corrected chi connectivity index (χ1v) is 9.12. The molecule has 27 heavy (non-hydrogen) atoms. The molecule has 9 N–H and O–H groups in total. The van der Waals surface area contributed by atoms with E-state index in [1.165, 1.54) is 6.92 Å². The number of nitrogens with one attached hydrogen (secondary N) is 3. The first-order valence-electron chi connectivity index (χ1n) is 8.49. The third-order valence-corrected chi connectivity index (χ3v) is 3.97. The SMILES string of the molecule is CC(N)C(=O)NC(CCCCN)C(=O)NC(CS)C(=O)NC(CO)C(=O)O. The van der Waals surface area contributed by atoms with Crippen LogP contribution in [0.3, 0.4) is 0 Å². The van der Waals surface area contributed by atoms with Gasteiger partial charge in [0.05, 0.1) is 12.6 Å². The molecular formula is C15H29N5O6S. The summed E-state index contributed by atoms with van der Waals surface area (Å²) in [4.78, 5) is 47.3. The third kappa shape index (κ3) is 9.56. The maximum atomic E-state index is 12.5. The molecule has 0 rings (SSSR count). The molecule has 0 saturated heterocycles. The number of thiol groups is 1. The maximum Gasteiger partial charge on any atom is 0.328 e. The van der Waals surface area contributed by atoms with Crippen LogP contribution in [0.4, 0.5) is 0 Å². The molecule has 0 aromatic heterocycles. The van der Waals surface area contributed by atoms with Crippen LogP contribution in [0.1, 0.15) is 26.2 Å². The van der Waals surface area contributed by atoms with Gasteiger partial charge in [-0.15, -0.1) is 0 Å². The molecule has 4 atom stereocenters. The van der Waals surface area contributed by atoms with Gasteiger partial charge in [-0.25, -0.2) is 4.79 Å². The van der Waals surface area contributed by atoms with Crippen molar-refractivity contribution in [3.05, 3.63) is 0 Å². The van der Waals surface area contributed by atoms with Crippen molar-refractivity contribution in [2.45, 2.75) is 50.4 Å². The summed E-state index contributed by atoms with van der Waals surface area (Å²) in [5.41, 5.74) is 10.9. The zero-order chi connectivity index (χ0) is 21.0. The van der Waals surface area contributed by atoms with E-state index < -0.39 is 54.5 Å². The molecular weight excluding hydrogens is 378 g/mol. The number of unbranched alkanes of at least 4 members (excludes halogenated alkanes) is 1. The van der Waals surface area contributed by atoms with Crippen molar-refractivity contribution in [1.82, 2.24) is 16.0 Å². The fourth-order valence-electron chi connectivity index (χ4n) is 1.99. The van der Waals surface area contributed by atoms with Crippen molar-refractivity contribution in [3.8, 4) is 0 Å². The number of amides is 3. The van der Waals surface area contributed by atoms with Crippen molar-refractivity contribution in [3.63, 3.8) is 0 Å². The average molecular weight is 407 g/mol. The number of carbonyl (C=O) groups excluding carboxylic acids is 3. The number of nitrogens with two attached hydrogens (primary N) is 2. The normalized spacial score (nSPS) is 15.1. The standard InChI is InChI=1S/C15H29N5O6S/c1-8(17)12(22)18-9(4-2-3-5-16)13(23)20-11(7-27)14(24)19-10(6-21)15(25)26/h8-11,21,27H,2-7,16-17H2,1H3,(H,18,22)(H,19,24)(H,20,23)(H,25,26). The van der Waals surface area contributed by atoms with Crippen LogP contribution in [0.5, 0.6) is 0 Å². The molecule has 0 radical (unpaired) electrons. The van der Waals surface area contributed by atoms with Gasteiger partial charge in [-0.1, -0.05) is 0 Å². The number of carboxylic acid groups (broad SMARTS) is 1. The van der Waals surface area contributed by atoms with Crippen molar-refractivity contribution in [2.24, 2.45) is 11.5 Å². The van der Waals surface area contributed by atoms with Crippen molar-refractivity contribution in [2.75, 3.05) is 18.9 Å². The molecule has 0 aliphatic carbocycles. The molecule has 12 heteroatoms. The van der Waals surface area contributed by atoms with E-state index in [0.29, 0.717) is 19.4 Å². The lowest BCUT2D eigenvalue weighted by atomic mass is 10.1. The van der Waals surface area contributed by atoms with E-state index in [4.69, 9.17) is 21.7 Å². The molecule has 0 spiro atoms. The largest absolute Gasteiger partial charge is 0.480 e. The van der Waals surface area contributed by atoms with Gasteiger partial charge in [-0.2, -0.15) is 12.6 Å². The zero-order valence-electron chi connectivity index (χ0n) is 15.2. The molecule has 0 aromatic carbocycles. The zero-order valence-corrected chi connectivity index (χ0v) is 16.1. The summed E-state index contributed by atoms with van der Waals surface area (Å²) in [6.07, 6.45) is 1.50. The van der Waals surface area contributed by atoms with Crippen molar-refractivity contribution in [1.29, 1.82) is 0 Å². The van der Waals surface area contributed by atoms with Gasteiger partial charge in [-0.3, -0.25) is 14.4 Å². The van der Waals surface area contributed by atoms with Crippen LogP contribution in [-0.4, -0.2) is 77.0 Å². The van der Waals surface area contributed by atoms with Gasteiger partial charge >= 0.3 is 5.97 Å². The lowest BCUT2D eigenvalue weighted by molar-refractivity contribution is -0.143. The van der Waals surface area contributed by atoms with Crippen LogP contribution in [0, 0.1) is 0 Å². The smallest absolute Gasteiger partial charge is 0.328 e. The van der Waals surface area contributed by atoms with E-state index in [0.717, 1.165) is 0 Å². The third-order valence-electron chi connectivity index (χ3n) is 3.61. The average Bonchev–Trinajstić information content (AvgIpc) is 2.62. The Kier molecular flexibility index (Phi) is 12.4. The highest BCUT2D eigenvalue weighted by atomic mass is 32.1. The molecule has 0 heterocycles. The van der Waals surface area contributed by atoms with Crippen molar-refractivity contribution >= 4 is 36.3 Å². The van der Waals surface area contributed by atoms with E-state index >= 15 is 0 Å². The number of aliphatic hydroxyl groups excluding tert-OH is 1. The lowest BCUT2D eigenvalue weighted by Gasteiger charge is -2.23. The minimum atomic E-state index is -1.50. The summed E-state index contributed by atoms with van der Waals surface area (Å²) < 4.78 is 0. The van der Waals surface area contributed by atoms with E-state index in [-0.39, 0.29) is 12.2 Å². The molecule has 156 valence electrons. The van der Waals surface area contributed by atoms with Gasteiger partial charge in [0, 0.05) is 5.75 Å². The van der Waals surface area contributed by atoms with Crippen LogP contribution in [-0.2, 0) is 19.2 Å². The van der Waals surface area contributed by atoms with Crippen LogP contribution in [0.15, 0.2) is 0 Å². The Morgan fingerprint density at radius 2 is 1.48 bits per heavy atom. The summed E-state index contributed by atoms with van der Waals surface area (Å²) in [6, 6.07) is -4.41. The first kappa shape index (κ1) is 25.1. The molecule has 3 amide bonds. The van der Waals surface area contributed by atoms with E-state index in [1.54, 1.807) is 0 Å². The Morgan fingerprint density at radius 1 is 0.963 bits per heavy atom. The summed E-state index contributed by atoms with van der Waals surface area (Å²) in [7, 11) is 0. The molecule has 0 aliphatic rings. The Labute approximate surface area is 163 Å². The monoisotopic (exact) mass is 407 g/mol. The highest BCUT2D eigenvalue weighted by molar-refractivity contribution is 7.80. The van der Waals surface area contributed by atoms with Gasteiger partial charge in [0.1, 0.15) is 18.1 Å². The van der Waals surface area contributed by atoms with Gasteiger partial charge in [0.15, 0.2) is 0 Å². The Hall–Kier alpha value is -1.89. The Balaban J connectivity index is 5.02. The van der Waals surface area contributed by atoms with Gasteiger partial charge in [0.2, 0.25) is 17.7 Å². The molecule has 0 fully saturated rings. The van der Waals surface area contributed by atoms with Crippen LogP contribution in [0.25, 0.3) is 0 Å². The van der Waals surface area contributed by atoms with Crippen LogP contribution < -0.4 is 27.4 Å². The summed E-state index contributed by atoms with van der Waals surface area (Å²) in [5, 5.41) is 24.9. The summed E-state index contributed by atoms with van der Waals surface area (Å²) >= 11 is 3.98. The quantitative estimate of drug-likeness (QED) is 0.116. The predicted octanol–water partition coefficient (Wildman–Crippen LogP) is -3.08. The maximum absolute atomic E-state index is 12.5. The molecule has 4 unspecified atom stereocenters. The number of aliphatic hydroxyl groups is 1. The second kappa shape index (κ2) is 13.3. The lowest BCUT2D eigenvalue weighted by Crippen LogP contribution is -2.57. The topological polar surface area (TPSA) is 197 Å². The molecule has 0 saturated carbocycles. The molecule has 0 aromatic rings. The number of aliphatic carboxylic acids is 1.